The van der Waals surface area contributed by atoms with E-state index in [-0.39, 0.29) is 16.3 Å². The van der Waals surface area contributed by atoms with Gasteiger partial charge in [-0.25, -0.2) is 13.6 Å². The summed E-state index contributed by atoms with van der Waals surface area (Å²) in [6.45, 7) is -1.45. The highest BCUT2D eigenvalue weighted by Gasteiger charge is 2.21. The molecule has 0 radical (unpaired) electrons. The second kappa shape index (κ2) is 6.41. The summed E-state index contributed by atoms with van der Waals surface area (Å²) in [7, 11) is 0. The standard InChI is InChI=1S/C10H11F2NO4S/c11-8(12)5-13(3-4-14)9(15)6-1-2-7(18-6)10(16)17/h1-2,8,14H,3-5H2,(H,16,17). The first-order valence-corrected chi connectivity index (χ1v) is 5.78. The predicted molar refractivity (Wildman–Crippen MR) is 60.3 cm³/mol. The molecule has 1 rings (SSSR count). The maximum absolute atomic E-state index is 12.3. The van der Waals surface area contributed by atoms with Crippen molar-refractivity contribution >= 4 is 23.2 Å². The molecule has 1 heterocycles. The number of amides is 1. The zero-order chi connectivity index (χ0) is 13.7. The number of hydrogen-bond donors (Lipinski definition) is 2. The fourth-order valence-electron chi connectivity index (χ4n) is 1.29. The largest absolute Gasteiger partial charge is 0.477 e. The van der Waals surface area contributed by atoms with Crippen LogP contribution in [0.5, 0.6) is 0 Å². The van der Waals surface area contributed by atoms with Crippen LogP contribution in [0.4, 0.5) is 8.78 Å². The Morgan fingerprint density at radius 3 is 2.39 bits per heavy atom. The van der Waals surface area contributed by atoms with Crippen molar-refractivity contribution in [1.29, 1.82) is 0 Å². The van der Waals surface area contributed by atoms with Crippen molar-refractivity contribution in [3.8, 4) is 0 Å². The van der Waals surface area contributed by atoms with Gasteiger partial charge in [-0.15, -0.1) is 11.3 Å². The molecule has 0 aliphatic carbocycles. The first-order valence-electron chi connectivity index (χ1n) is 4.97. The van der Waals surface area contributed by atoms with Gasteiger partial charge in [0.05, 0.1) is 18.0 Å². The average Bonchev–Trinajstić information content (AvgIpc) is 2.76. The number of rotatable bonds is 6. The molecule has 0 aliphatic rings. The molecule has 18 heavy (non-hydrogen) atoms. The Morgan fingerprint density at radius 1 is 1.33 bits per heavy atom. The van der Waals surface area contributed by atoms with Crippen LogP contribution in [-0.4, -0.2) is 53.1 Å². The molecule has 0 saturated heterocycles. The number of carboxylic acid groups (broad SMARTS) is 1. The number of carbonyl (C=O) groups excluding carboxylic acids is 1. The number of alkyl halides is 2. The van der Waals surface area contributed by atoms with Crippen LogP contribution in [-0.2, 0) is 0 Å². The zero-order valence-corrected chi connectivity index (χ0v) is 9.99. The quantitative estimate of drug-likeness (QED) is 0.818. The summed E-state index contributed by atoms with van der Waals surface area (Å²) >= 11 is 0.713. The second-order valence-electron chi connectivity index (χ2n) is 3.33. The van der Waals surface area contributed by atoms with Crippen LogP contribution in [0.1, 0.15) is 19.3 Å². The minimum Gasteiger partial charge on any atom is -0.477 e. The van der Waals surface area contributed by atoms with E-state index in [1.807, 2.05) is 0 Å². The van der Waals surface area contributed by atoms with Gasteiger partial charge in [-0.3, -0.25) is 4.79 Å². The summed E-state index contributed by atoms with van der Waals surface area (Å²) in [6, 6.07) is 2.51. The molecule has 0 unspecified atom stereocenters. The number of halogens is 2. The monoisotopic (exact) mass is 279 g/mol. The Labute approximate surface area is 105 Å². The van der Waals surface area contributed by atoms with Gasteiger partial charge in [0.2, 0.25) is 0 Å². The molecule has 5 nitrogen and oxygen atoms in total. The van der Waals surface area contributed by atoms with E-state index >= 15 is 0 Å². The lowest BCUT2D eigenvalue weighted by Crippen LogP contribution is -2.36. The summed E-state index contributed by atoms with van der Waals surface area (Å²) in [5.74, 6) is -1.89. The number of aromatic carboxylic acids is 1. The summed E-state index contributed by atoms with van der Waals surface area (Å²) in [5, 5.41) is 17.4. The van der Waals surface area contributed by atoms with E-state index in [4.69, 9.17) is 10.2 Å². The number of thiophene rings is 1. The van der Waals surface area contributed by atoms with E-state index in [9.17, 15) is 18.4 Å². The lowest BCUT2D eigenvalue weighted by molar-refractivity contribution is 0.0513. The highest BCUT2D eigenvalue weighted by atomic mass is 32.1. The van der Waals surface area contributed by atoms with Crippen LogP contribution >= 0.6 is 11.3 Å². The number of hydrogen-bond acceptors (Lipinski definition) is 4. The molecule has 0 saturated carbocycles. The molecule has 0 bridgehead atoms. The molecule has 1 aromatic heterocycles. The van der Waals surface area contributed by atoms with Crippen LogP contribution in [0.15, 0.2) is 12.1 Å². The van der Waals surface area contributed by atoms with Crippen LogP contribution in [0, 0.1) is 0 Å². The van der Waals surface area contributed by atoms with Crippen LogP contribution in [0.3, 0.4) is 0 Å². The van der Waals surface area contributed by atoms with Gasteiger partial charge in [-0.1, -0.05) is 0 Å². The molecule has 0 fully saturated rings. The average molecular weight is 279 g/mol. The third-order valence-corrected chi connectivity index (χ3v) is 3.10. The number of aliphatic hydroxyl groups excluding tert-OH is 1. The Kier molecular flexibility index (Phi) is 5.17. The predicted octanol–water partition coefficient (Wildman–Crippen LogP) is 1.15. The smallest absolute Gasteiger partial charge is 0.345 e. The lowest BCUT2D eigenvalue weighted by atomic mass is 10.3. The van der Waals surface area contributed by atoms with Crippen LogP contribution in [0.2, 0.25) is 0 Å². The van der Waals surface area contributed by atoms with Gasteiger partial charge in [-0.05, 0) is 12.1 Å². The van der Waals surface area contributed by atoms with Crippen molar-refractivity contribution in [1.82, 2.24) is 4.90 Å². The Hall–Kier alpha value is -1.54. The van der Waals surface area contributed by atoms with Crippen molar-refractivity contribution in [2.75, 3.05) is 19.7 Å². The number of aliphatic hydroxyl groups is 1. The van der Waals surface area contributed by atoms with Crippen LogP contribution in [0.25, 0.3) is 0 Å². The molecule has 8 heteroatoms. The van der Waals surface area contributed by atoms with Crippen molar-refractivity contribution in [2.45, 2.75) is 6.43 Å². The van der Waals surface area contributed by atoms with Crippen molar-refractivity contribution in [3.05, 3.63) is 21.9 Å². The SMILES string of the molecule is O=C(O)c1ccc(C(=O)N(CCO)CC(F)F)s1. The molecule has 1 aromatic rings. The van der Waals surface area contributed by atoms with Gasteiger partial charge in [0.25, 0.3) is 12.3 Å². The Bertz CT molecular complexity index is 435. The minimum absolute atomic E-state index is 0.0423. The summed E-state index contributed by atoms with van der Waals surface area (Å²) in [6.07, 6.45) is -2.71. The highest BCUT2D eigenvalue weighted by Crippen LogP contribution is 2.18. The molecule has 100 valence electrons. The molecule has 0 spiro atoms. The maximum atomic E-state index is 12.3. The molecular weight excluding hydrogens is 268 g/mol. The number of nitrogens with zero attached hydrogens (tertiary/aromatic N) is 1. The van der Waals surface area contributed by atoms with Gasteiger partial charge in [0.15, 0.2) is 0 Å². The van der Waals surface area contributed by atoms with Crippen molar-refractivity contribution in [2.24, 2.45) is 0 Å². The van der Waals surface area contributed by atoms with Gasteiger partial charge in [0.1, 0.15) is 4.88 Å². The first-order chi connectivity index (χ1) is 8.45. The first kappa shape index (κ1) is 14.5. The zero-order valence-electron chi connectivity index (χ0n) is 9.18. The van der Waals surface area contributed by atoms with E-state index in [1.54, 1.807) is 0 Å². The third-order valence-electron chi connectivity index (χ3n) is 2.04. The van der Waals surface area contributed by atoms with Crippen molar-refractivity contribution in [3.63, 3.8) is 0 Å². The summed E-state index contributed by atoms with van der Waals surface area (Å²) in [5.41, 5.74) is 0. The third kappa shape index (κ3) is 3.74. The van der Waals surface area contributed by atoms with Gasteiger partial charge in [0, 0.05) is 6.54 Å². The highest BCUT2D eigenvalue weighted by molar-refractivity contribution is 7.15. The minimum atomic E-state index is -2.71. The van der Waals surface area contributed by atoms with E-state index in [2.05, 4.69) is 0 Å². The molecule has 2 N–H and O–H groups in total. The summed E-state index contributed by atoms with van der Waals surface area (Å²) < 4.78 is 24.5. The van der Waals surface area contributed by atoms with E-state index < -0.39 is 31.5 Å². The number of carbonyl (C=O) groups is 2. The fraction of sp³-hybridized carbons (Fsp3) is 0.400. The molecule has 0 aliphatic heterocycles. The second-order valence-corrected chi connectivity index (χ2v) is 4.42. The van der Waals surface area contributed by atoms with E-state index in [1.165, 1.54) is 12.1 Å². The van der Waals surface area contributed by atoms with Gasteiger partial charge in [-0.2, -0.15) is 0 Å². The Balaban J connectivity index is 2.83. The normalized spacial score (nSPS) is 10.7. The summed E-state index contributed by atoms with van der Waals surface area (Å²) in [4.78, 5) is 23.2. The molecule has 0 aromatic carbocycles. The van der Waals surface area contributed by atoms with E-state index in [0.29, 0.717) is 11.3 Å². The topological polar surface area (TPSA) is 77.8 Å². The molecule has 0 atom stereocenters. The van der Waals surface area contributed by atoms with Crippen molar-refractivity contribution < 1.29 is 28.6 Å². The maximum Gasteiger partial charge on any atom is 0.345 e. The fourth-order valence-corrected chi connectivity index (χ4v) is 2.10. The molecular formula is C10H11F2NO4S. The number of carboxylic acids is 1. The molecule has 1 amide bonds. The van der Waals surface area contributed by atoms with E-state index in [0.717, 1.165) is 4.90 Å². The Morgan fingerprint density at radius 2 is 1.94 bits per heavy atom. The lowest BCUT2D eigenvalue weighted by Gasteiger charge is -2.20. The van der Waals surface area contributed by atoms with Gasteiger partial charge < -0.3 is 15.1 Å². The van der Waals surface area contributed by atoms with Gasteiger partial charge >= 0.3 is 5.97 Å². The van der Waals surface area contributed by atoms with Crippen LogP contribution < -0.4 is 0 Å².